The van der Waals surface area contributed by atoms with Crippen LogP contribution in [-0.2, 0) is 22.5 Å². The van der Waals surface area contributed by atoms with Gasteiger partial charge in [0.2, 0.25) is 0 Å². The molecule has 6 heteroatoms. The van der Waals surface area contributed by atoms with Crippen molar-refractivity contribution in [3.05, 3.63) is 34.4 Å². The fourth-order valence-electron chi connectivity index (χ4n) is 2.04. The Balaban J connectivity index is 3.08. The lowest BCUT2D eigenvalue weighted by Gasteiger charge is -2.13. The number of nitrogens with two attached hydrogens (primary N) is 1. The van der Waals surface area contributed by atoms with Crippen molar-refractivity contribution in [2.24, 2.45) is 10.9 Å². The Morgan fingerprint density at radius 2 is 2.16 bits per heavy atom. The third-order valence-corrected chi connectivity index (χ3v) is 3.03. The number of amidine groups is 1. The lowest BCUT2D eigenvalue weighted by molar-refractivity contribution is -0.234. The van der Waals surface area contributed by atoms with Gasteiger partial charge in [0.05, 0.1) is 6.42 Å². The molecule has 1 rings (SSSR count). The second kappa shape index (κ2) is 6.75. The average Bonchev–Trinajstić information content (AvgIpc) is 2.43. The SMILES string of the molecule is CCc1cc(C(N)=NO)cc(C)c1CCC(=O)OO. The van der Waals surface area contributed by atoms with Crippen molar-refractivity contribution in [3.63, 3.8) is 0 Å². The number of rotatable bonds is 5. The molecule has 0 heterocycles. The van der Waals surface area contributed by atoms with Crippen molar-refractivity contribution < 1.29 is 20.1 Å². The van der Waals surface area contributed by atoms with Gasteiger partial charge in [0.1, 0.15) is 0 Å². The van der Waals surface area contributed by atoms with Crippen molar-refractivity contribution in [3.8, 4) is 0 Å². The Bertz CT molecular complexity index is 498. The van der Waals surface area contributed by atoms with Crippen molar-refractivity contribution >= 4 is 11.8 Å². The normalized spacial score (nSPS) is 11.4. The topological polar surface area (TPSA) is 105 Å². The number of benzene rings is 1. The van der Waals surface area contributed by atoms with E-state index in [1.54, 1.807) is 6.07 Å². The standard InChI is InChI=1S/C13H18N2O4/c1-3-9-7-10(13(14)15-17)6-8(2)11(9)4-5-12(16)19-18/h6-7,17-18H,3-5H2,1-2H3,(H2,14,15). The molecule has 19 heavy (non-hydrogen) atoms. The summed E-state index contributed by atoms with van der Waals surface area (Å²) in [6.07, 6.45) is 1.34. The third kappa shape index (κ3) is 3.69. The number of carbonyl (C=O) groups is 1. The van der Waals surface area contributed by atoms with Crippen LogP contribution in [0.3, 0.4) is 0 Å². The highest BCUT2D eigenvalue weighted by Gasteiger charge is 2.12. The van der Waals surface area contributed by atoms with E-state index in [4.69, 9.17) is 16.2 Å². The zero-order valence-electron chi connectivity index (χ0n) is 11.0. The summed E-state index contributed by atoms with van der Waals surface area (Å²) in [6, 6.07) is 3.63. The lowest BCUT2D eigenvalue weighted by atomic mass is 9.93. The van der Waals surface area contributed by atoms with E-state index in [0.29, 0.717) is 12.0 Å². The first-order valence-electron chi connectivity index (χ1n) is 5.98. The molecular weight excluding hydrogens is 248 g/mol. The highest BCUT2D eigenvalue weighted by molar-refractivity contribution is 5.97. The molecule has 0 aliphatic carbocycles. The smallest absolute Gasteiger partial charge is 0.342 e. The van der Waals surface area contributed by atoms with E-state index in [2.05, 4.69) is 10.0 Å². The molecule has 4 N–H and O–H groups in total. The molecule has 0 radical (unpaired) electrons. The molecule has 1 aromatic rings. The largest absolute Gasteiger partial charge is 0.409 e. The number of oxime groups is 1. The molecule has 104 valence electrons. The van der Waals surface area contributed by atoms with Gasteiger partial charge in [-0.25, -0.2) is 4.79 Å². The van der Waals surface area contributed by atoms with Crippen LogP contribution in [0, 0.1) is 6.92 Å². The molecule has 0 atom stereocenters. The quantitative estimate of drug-likeness (QED) is 0.247. The zero-order chi connectivity index (χ0) is 14.4. The predicted octanol–water partition coefficient (Wildman–Crippen LogP) is 1.60. The van der Waals surface area contributed by atoms with Crippen LogP contribution in [0.4, 0.5) is 0 Å². The first-order chi connectivity index (χ1) is 9.03. The van der Waals surface area contributed by atoms with Gasteiger partial charge in [0.25, 0.3) is 0 Å². The van der Waals surface area contributed by atoms with Crippen LogP contribution in [0.1, 0.15) is 35.6 Å². The first-order valence-corrected chi connectivity index (χ1v) is 5.98. The van der Waals surface area contributed by atoms with Crippen molar-refractivity contribution in [2.75, 3.05) is 0 Å². The number of hydrogen-bond donors (Lipinski definition) is 3. The summed E-state index contributed by atoms with van der Waals surface area (Å²) in [5.41, 5.74) is 9.20. The maximum atomic E-state index is 11.0. The zero-order valence-corrected chi connectivity index (χ0v) is 11.0. The van der Waals surface area contributed by atoms with Gasteiger partial charge in [-0.15, -0.1) is 0 Å². The maximum absolute atomic E-state index is 11.0. The van der Waals surface area contributed by atoms with Gasteiger partial charge in [-0.05, 0) is 48.6 Å². The second-order valence-corrected chi connectivity index (χ2v) is 4.23. The molecule has 0 amide bonds. The van der Waals surface area contributed by atoms with E-state index in [0.717, 1.165) is 23.1 Å². The summed E-state index contributed by atoms with van der Waals surface area (Å²) >= 11 is 0. The molecule has 1 aromatic carbocycles. The maximum Gasteiger partial charge on any atom is 0.342 e. The van der Waals surface area contributed by atoms with E-state index < -0.39 is 5.97 Å². The highest BCUT2D eigenvalue weighted by atomic mass is 17.1. The van der Waals surface area contributed by atoms with Crippen LogP contribution < -0.4 is 5.73 Å². The van der Waals surface area contributed by atoms with E-state index in [9.17, 15) is 4.79 Å². The minimum absolute atomic E-state index is 0.0547. The van der Waals surface area contributed by atoms with Gasteiger partial charge in [-0.2, -0.15) is 5.26 Å². The van der Waals surface area contributed by atoms with Crippen LogP contribution >= 0.6 is 0 Å². The third-order valence-electron chi connectivity index (χ3n) is 3.03. The predicted molar refractivity (Wildman–Crippen MR) is 70.1 cm³/mol. The summed E-state index contributed by atoms with van der Waals surface area (Å²) in [5, 5.41) is 19.9. The Morgan fingerprint density at radius 1 is 1.47 bits per heavy atom. The van der Waals surface area contributed by atoms with Crippen LogP contribution in [0.5, 0.6) is 0 Å². The van der Waals surface area contributed by atoms with Gasteiger partial charge in [-0.1, -0.05) is 12.1 Å². The molecule has 0 bridgehead atoms. The number of aryl methyl sites for hydroxylation is 2. The summed E-state index contributed by atoms with van der Waals surface area (Å²) < 4.78 is 0. The minimum atomic E-state index is -0.665. The van der Waals surface area contributed by atoms with Crippen molar-refractivity contribution in [2.45, 2.75) is 33.1 Å². The molecule has 0 saturated heterocycles. The Hall–Kier alpha value is -2.08. The second-order valence-electron chi connectivity index (χ2n) is 4.23. The van der Waals surface area contributed by atoms with Gasteiger partial charge in [-0.3, -0.25) is 0 Å². The highest BCUT2D eigenvalue weighted by Crippen LogP contribution is 2.20. The van der Waals surface area contributed by atoms with Gasteiger partial charge in [0, 0.05) is 5.56 Å². The van der Waals surface area contributed by atoms with Crippen molar-refractivity contribution in [1.29, 1.82) is 0 Å². The summed E-state index contributed by atoms with van der Waals surface area (Å²) in [7, 11) is 0. The molecule has 0 aliphatic rings. The molecule has 0 spiro atoms. The molecule has 0 saturated carbocycles. The monoisotopic (exact) mass is 266 g/mol. The Labute approximate surface area is 111 Å². The van der Waals surface area contributed by atoms with Crippen LogP contribution in [-0.4, -0.2) is 22.3 Å². The van der Waals surface area contributed by atoms with Gasteiger partial charge in [0.15, 0.2) is 5.84 Å². The first kappa shape index (κ1) is 15.0. The summed E-state index contributed by atoms with van der Waals surface area (Å²) in [4.78, 5) is 14.6. The van der Waals surface area contributed by atoms with Crippen LogP contribution in [0.15, 0.2) is 17.3 Å². The van der Waals surface area contributed by atoms with Crippen LogP contribution in [0.25, 0.3) is 0 Å². The molecule has 0 aliphatic heterocycles. The van der Waals surface area contributed by atoms with E-state index in [1.807, 2.05) is 19.9 Å². The summed E-state index contributed by atoms with van der Waals surface area (Å²) in [5.74, 6) is -0.610. The molecular formula is C13H18N2O4. The molecule has 0 fully saturated rings. The molecule has 0 aromatic heterocycles. The summed E-state index contributed by atoms with van der Waals surface area (Å²) in [6.45, 7) is 3.88. The number of nitrogens with zero attached hydrogens (tertiary/aromatic N) is 1. The number of carbonyl (C=O) groups excluding carboxylic acids is 1. The van der Waals surface area contributed by atoms with Gasteiger partial charge >= 0.3 is 5.97 Å². The Morgan fingerprint density at radius 3 is 2.68 bits per heavy atom. The fraction of sp³-hybridized carbons (Fsp3) is 0.385. The fourth-order valence-corrected chi connectivity index (χ4v) is 2.04. The average molecular weight is 266 g/mol. The van der Waals surface area contributed by atoms with Gasteiger partial charge < -0.3 is 15.8 Å². The molecule has 0 unspecified atom stereocenters. The minimum Gasteiger partial charge on any atom is -0.409 e. The molecule has 6 nitrogen and oxygen atoms in total. The lowest BCUT2D eigenvalue weighted by Crippen LogP contribution is -2.15. The van der Waals surface area contributed by atoms with Crippen LogP contribution in [0.2, 0.25) is 0 Å². The number of hydrogen-bond acceptors (Lipinski definition) is 5. The van der Waals surface area contributed by atoms with E-state index in [-0.39, 0.29) is 12.3 Å². The van der Waals surface area contributed by atoms with E-state index in [1.165, 1.54) is 0 Å². The Kier molecular flexibility index (Phi) is 5.32. The van der Waals surface area contributed by atoms with E-state index >= 15 is 0 Å². The van der Waals surface area contributed by atoms with Crippen molar-refractivity contribution in [1.82, 2.24) is 0 Å².